The molecular weight excluding hydrogens is 400 g/mol. The minimum absolute atomic E-state index is 0.0306. The second kappa shape index (κ2) is 10.5. The van der Waals surface area contributed by atoms with Crippen LogP contribution in [0.1, 0.15) is 38.2 Å². The zero-order chi connectivity index (χ0) is 22.4. The molecule has 2 aliphatic rings. The minimum Gasteiger partial charge on any atom is -0.496 e. The van der Waals surface area contributed by atoms with Gasteiger partial charge in [0.1, 0.15) is 5.75 Å². The number of rotatable bonds is 8. The van der Waals surface area contributed by atoms with E-state index in [1.807, 2.05) is 18.2 Å². The summed E-state index contributed by atoms with van der Waals surface area (Å²) >= 11 is 0. The molecule has 32 heavy (non-hydrogen) atoms. The summed E-state index contributed by atoms with van der Waals surface area (Å²) in [5, 5.41) is 3.18. The van der Waals surface area contributed by atoms with E-state index in [0.29, 0.717) is 19.6 Å². The zero-order valence-corrected chi connectivity index (χ0v) is 19.4. The molecule has 1 atom stereocenters. The number of methoxy groups -OCH3 is 1. The van der Waals surface area contributed by atoms with Gasteiger partial charge in [0.25, 0.3) is 5.91 Å². The quantitative estimate of drug-likeness (QED) is 0.670. The number of nitrogens with one attached hydrogen (secondary N) is 1. The average molecular weight is 437 g/mol. The molecule has 0 radical (unpaired) electrons. The number of amides is 1. The van der Waals surface area contributed by atoms with Gasteiger partial charge in [0.05, 0.1) is 7.11 Å². The van der Waals surface area contributed by atoms with Crippen LogP contribution in [0.25, 0.3) is 11.1 Å². The van der Waals surface area contributed by atoms with Gasteiger partial charge >= 0.3 is 0 Å². The number of ether oxygens (including phenoxy) is 2. The molecular formula is C27H36N2O3. The fourth-order valence-electron chi connectivity index (χ4n) is 4.93. The Morgan fingerprint density at radius 1 is 1.19 bits per heavy atom. The van der Waals surface area contributed by atoms with Gasteiger partial charge < -0.3 is 19.7 Å². The fourth-order valence-corrected chi connectivity index (χ4v) is 4.93. The van der Waals surface area contributed by atoms with E-state index in [4.69, 9.17) is 9.47 Å². The molecule has 5 nitrogen and oxygen atoms in total. The molecule has 0 bridgehead atoms. The van der Waals surface area contributed by atoms with Gasteiger partial charge in [-0.05, 0) is 61.9 Å². The molecule has 2 fully saturated rings. The Bertz CT molecular complexity index is 899. The second-order valence-electron chi connectivity index (χ2n) is 9.30. The lowest BCUT2D eigenvalue weighted by Gasteiger charge is -2.31. The second-order valence-corrected chi connectivity index (χ2v) is 9.30. The number of carbonyl (C=O) groups is 1. The highest BCUT2D eigenvalue weighted by molar-refractivity contribution is 5.86. The van der Waals surface area contributed by atoms with Gasteiger partial charge in [-0.2, -0.15) is 0 Å². The molecule has 1 amide bonds. The molecule has 5 heteroatoms. The first-order valence-corrected chi connectivity index (χ1v) is 12.0. The minimum atomic E-state index is -0.768. The largest absolute Gasteiger partial charge is 0.496 e. The number of hydrogen-bond donors (Lipinski definition) is 1. The third kappa shape index (κ3) is 5.33. The summed E-state index contributed by atoms with van der Waals surface area (Å²) in [5.74, 6) is 1.70. The van der Waals surface area contributed by atoms with Crippen molar-refractivity contribution in [3.63, 3.8) is 0 Å². The number of para-hydroxylation sites is 1. The lowest BCUT2D eigenvalue weighted by Crippen LogP contribution is -2.50. The zero-order valence-electron chi connectivity index (χ0n) is 19.4. The standard InChI is InChI=1S/C27H36N2O3/c1-21-11-15-29(16-12-21)17-14-28-26(30)27(13-6-18-32-27)20-22-7-5-8-23(19-22)24-9-3-4-10-25(24)31-2/h3-5,7-10,19,21H,6,11-18,20H2,1-2H3,(H,28,30)/t27-/m1/s1. The van der Waals surface area contributed by atoms with E-state index >= 15 is 0 Å². The molecule has 2 aromatic carbocycles. The molecule has 1 N–H and O–H groups in total. The average Bonchev–Trinajstić information content (AvgIpc) is 3.30. The van der Waals surface area contributed by atoms with Gasteiger partial charge in [-0.15, -0.1) is 0 Å². The number of piperidine rings is 1. The summed E-state index contributed by atoms with van der Waals surface area (Å²) in [6, 6.07) is 16.4. The number of nitrogens with zero attached hydrogens (tertiary/aromatic N) is 1. The summed E-state index contributed by atoms with van der Waals surface area (Å²) in [4.78, 5) is 15.7. The highest BCUT2D eigenvalue weighted by Gasteiger charge is 2.42. The Labute approximate surface area is 192 Å². The first kappa shape index (κ1) is 22.8. The van der Waals surface area contributed by atoms with Crippen LogP contribution in [-0.4, -0.2) is 56.3 Å². The van der Waals surface area contributed by atoms with E-state index in [2.05, 4.69) is 47.5 Å². The molecule has 0 unspecified atom stereocenters. The van der Waals surface area contributed by atoms with E-state index in [9.17, 15) is 4.79 Å². The van der Waals surface area contributed by atoms with Crippen LogP contribution in [0.5, 0.6) is 5.75 Å². The maximum atomic E-state index is 13.2. The van der Waals surface area contributed by atoms with Gasteiger partial charge in [-0.25, -0.2) is 0 Å². The SMILES string of the molecule is COc1ccccc1-c1cccc(C[C@@]2(C(=O)NCCN3CCC(C)CC3)CCCO2)c1. The molecule has 0 aliphatic carbocycles. The van der Waals surface area contributed by atoms with Crippen molar-refractivity contribution in [2.24, 2.45) is 5.92 Å². The van der Waals surface area contributed by atoms with Crippen LogP contribution in [0, 0.1) is 5.92 Å². The Balaban J connectivity index is 1.42. The summed E-state index contributed by atoms with van der Waals surface area (Å²) < 4.78 is 11.6. The van der Waals surface area contributed by atoms with Crippen LogP contribution in [0.2, 0.25) is 0 Å². The van der Waals surface area contributed by atoms with Crippen molar-refractivity contribution in [3.05, 3.63) is 54.1 Å². The summed E-state index contributed by atoms with van der Waals surface area (Å²) in [6.07, 6.45) is 4.78. The van der Waals surface area contributed by atoms with Gasteiger partial charge in [-0.3, -0.25) is 4.79 Å². The van der Waals surface area contributed by atoms with Crippen LogP contribution in [0.3, 0.4) is 0 Å². The third-order valence-electron chi connectivity index (χ3n) is 6.94. The van der Waals surface area contributed by atoms with Crippen molar-refractivity contribution in [2.75, 3.05) is 39.9 Å². The predicted octanol–water partition coefficient (Wildman–Crippen LogP) is 4.30. The molecule has 0 saturated carbocycles. The highest BCUT2D eigenvalue weighted by Crippen LogP contribution is 2.33. The van der Waals surface area contributed by atoms with E-state index in [1.165, 1.54) is 12.8 Å². The molecule has 0 aromatic heterocycles. The van der Waals surface area contributed by atoms with Crippen molar-refractivity contribution in [2.45, 2.75) is 44.6 Å². The van der Waals surface area contributed by atoms with Crippen molar-refractivity contribution >= 4 is 5.91 Å². The lowest BCUT2D eigenvalue weighted by atomic mass is 9.89. The Morgan fingerprint density at radius 2 is 2.00 bits per heavy atom. The van der Waals surface area contributed by atoms with Crippen LogP contribution in [-0.2, 0) is 16.0 Å². The molecule has 0 spiro atoms. The van der Waals surface area contributed by atoms with Gasteiger partial charge in [0, 0.05) is 31.7 Å². The van der Waals surface area contributed by atoms with E-state index in [1.54, 1.807) is 7.11 Å². The predicted molar refractivity (Wildman–Crippen MR) is 128 cm³/mol. The molecule has 2 aliphatic heterocycles. The number of hydrogen-bond acceptors (Lipinski definition) is 4. The van der Waals surface area contributed by atoms with Crippen LogP contribution in [0.4, 0.5) is 0 Å². The van der Waals surface area contributed by atoms with Crippen LogP contribution < -0.4 is 10.1 Å². The first-order chi connectivity index (χ1) is 15.6. The van der Waals surface area contributed by atoms with Crippen molar-refractivity contribution < 1.29 is 14.3 Å². The van der Waals surface area contributed by atoms with Gasteiger partial charge in [0.2, 0.25) is 0 Å². The van der Waals surface area contributed by atoms with Gasteiger partial charge in [0.15, 0.2) is 5.60 Å². The van der Waals surface area contributed by atoms with Crippen LogP contribution in [0.15, 0.2) is 48.5 Å². The van der Waals surface area contributed by atoms with Gasteiger partial charge in [-0.1, -0.05) is 49.4 Å². The first-order valence-electron chi connectivity index (χ1n) is 12.0. The van der Waals surface area contributed by atoms with Crippen molar-refractivity contribution in [1.29, 1.82) is 0 Å². The molecule has 172 valence electrons. The van der Waals surface area contributed by atoms with Crippen LogP contribution >= 0.6 is 0 Å². The summed E-state index contributed by atoms with van der Waals surface area (Å²) in [5.41, 5.74) is 2.48. The molecule has 4 rings (SSSR count). The van der Waals surface area contributed by atoms with Crippen molar-refractivity contribution in [3.8, 4) is 16.9 Å². The summed E-state index contributed by atoms with van der Waals surface area (Å²) in [6.45, 7) is 6.83. The topological polar surface area (TPSA) is 50.8 Å². The number of likely N-dealkylation sites (tertiary alicyclic amines) is 1. The maximum absolute atomic E-state index is 13.2. The van der Waals surface area contributed by atoms with E-state index < -0.39 is 5.60 Å². The Hall–Kier alpha value is -2.37. The maximum Gasteiger partial charge on any atom is 0.252 e. The van der Waals surface area contributed by atoms with E-state index in [-0.39, 0.29) is 5.91 Å². The molecule has 2 heterocycles. The smallest absolute Gasteiger partial charge is 0.252 e. The summed E-state index contributed by atoms with van der Waals surface area (Å²) in [7, 11) is 1.69. The monoisotopic (exact) mass is 436 g/mol. The number of carbonyl (C=O) groups excluding carboxylic acids is 1. The Kier molecular flexibility index (Phi) is 7.48. The lowest BCUT2D eigenvalue weighted by molar-refractivity contribution is -0.141. The number of benzene rings is 2. The molecule has 2 aromatic rings. The Morgan fingerprint density at radius 3 is 2.75 bits per heavy atom. The normalized spacial score (nSPS) is 22.1. The van der Waals surface area contributed by atoms with Crippen molar-refractivity contribution in [1.82, 2.24) is 10.2 Å². The van der Waals surface area contributed by atoms with E-state index in [0.717, 1.165) is 60.8 Å². The highest BCUT2D eigenvalue weighted by atomic mass is 16.5. The molecule has 2 saturated heterocycles. The third-order valence-corrected chi connectivity index (χ3v) is 6.94. The fraction of sp³-hybridized carbons (Fsp3) is 0.519.